The number of aromatic nitrogens is 1. The van der Waals surface area contributed by atoms with Gasteiger partial charge in [0.25, 0.3) is 5.91 Å². The molecule has 0 aliphatic carbocycles. The molecule has 1 aromatic heterocycles. The quantitative estimate of drug-likeness (QED) is 0.829. The van der Waals surface area contributed by atoms with Crippen LogP contribution < -0.4 is 0 Å². The van der Waals surface area contributed by atoms with Crippen molar-refractivity contribution in [1.29, 1.82) is 0 Å². The molecule has 1 saturated heterocycles. The van der Waals surface area contributed by atoms with Crippen molar-refractivity contribution in [3.05, 3.63) is 54.4 Å². The van der Waals surface area contributed by atoms with Crippen molar-refractivity contribution in [3.63, 3.8) is 0 Å². The fourth-order valence-electron chi connectivity index (χ4n) is 3.22. The Kier molecular flexibility index (Phi) is 5.76. The monoisotopic (exact) mass is 353 g/mol. The standard InChI is InChI=1S/C21H27N3O2/c1-17(2)8-9-20(25)23-12-14-24(15-13-23)21(26)18-6-5-7-19(16-18)22-10-3-4-11-22/h3-7,10-11,16-17H,8-9,12-15H2,1-2H3. The summed E-state index contributed by atoms with van der Waals surface area (Å²) in [6, 6.07) is 11.6. The lowest BCUT2D eigenvalue weighted by atomic mass is 10.1. The van der Waals surface area contributed by atoms with E-state index in [9.17, 15) is 9.59 Å². The first kappa shape index (κ1) is 18.2. The van der Waals surface area contributed by atoms with E-state index in [1.54, 1.807) is 0 Å². The first-order valence-corrected chi connectivity index (χ1v) is 9.35. The molecule has 1 fully saturated rings. The smallest absolute Gasteiger partial charge is 0.254 e. The molecule has 5 heteroatoms. The van der Waals surface area contributed by atoms with E-state index in [0.717, 1.165) is 12.1 Å². The second-order valence-corrected chi connectivity index (χ2v) is 7.25. The molecule has 1 aromatic carbocycles. The fourth-order valence-corrected chi connectivity index (χ4v) is 3.22. The van der Waals surface area contributed by atoms with Crippen molar-refractivity contribution in [3.8, 4) is 5.69 Å². The second kappa shape index (κ2) is 8.21. The summed E-state index contributed by atoms with van der Waals surface area (Å²) in [6.07, 6.45) is 5.45. The Bertz CT molecular complexity index is 744. The molecule has 2 amide bonds. The summed E-state index contributed by atoms with van der Waals surface area (Å²) in [4.78, 5) is 28.8. The van der Waals surface area contributed by atoms with E-state index >= 15 is 0 Å². The lowest BCUT2D eigenvalue weighted by molar-refractivity contribution is -0.132. The topological polar surface area (TPSA) is 45.6 Å². The molecule has 1 aliphatic rings. The third-order valence-electron chi connectivity index (χ3n) is 4.85. The molecule has 0 N–H and O–H groups in total. The highest BCUT2D eigenvalue weighted by atomic mass is 16.2. The highest BCUT2D eigenvalue weighted by molar-refractivity contribution is 5.95. The largest absolute Gasteiger partial charge is 0.339 e. The van der Waals surface area contributed by atoms with Crippen molar-refractivity contribution in [1.82, 2.24) is 14.4 Å². The van der Waals surface area contributed by atoms with Gasteiger partial charge in [0.1, 0.15) is 0 Å². The lowest BCUT2D eigenvalue weighted by Gasteiger charge is -2.35. The number of piperazine rings is 1. The van der Waals surface area contributed by atoms with E-state index in [4.69, 9.17) is 0 Å². The average molecular weight is 353 g/mol. The number of hydrogen-bond donors (Lipinski definition) is 0. The van der Waals surface area contributed by atoms with Gasteiger partial charge < -0.3 is 14.4 Å². The van der Waals surface area contributed by atoms with Crippen LogP contribution in [0.2, 0.25) is 0 Å². The molecule has 0 unspecified atom stereocenters. The van der Waals surface area contributed by atoms with E-state index in [-0.39, 0.29) is 11.8 Å². The molecule has 0 spiro atoms. The van der Waals surface area contributed by atoms with Crippen LogP contribution in [0.4, 0.5) is 0 Å². The molecule has 0 atom stereocenters. The summed E-state index contributed by atoms with van der Waals surface area (Å²) in [6.45, 7) is 6.71. The predicted octanol–water partition coefficient (Wildman–Crippen LogP) is 3.20. The normalized spacial score (nSPS) is 14.7. The molecule has 2 aromatic rings. The molecule has 138 valence electrons. The Morgan fingerprint density at radius 2 is 1.62 bits per heavy atom. The highest BCUT2D eigenvalue weighted by Gasteiger charge is 2.24. The summed E-state index contributed by atoms with van der Waals surface area (Å²) in [5.41, 5.74) is 1.67. The number of carbonyl (C=O) groups excluding carboxylic acids is 2. The van der Waals surface area contributed by atoms with Crippen molar-refractivity contribution < 1.29 is 9.59 Å². The zero-order chi connectivity index (χ0) is 18.5. The third-order valence-corrected chi connectivity index (χ3v) is 4.85. The van der Waals surface area contributed by atoms with Gasteiger partial charge in [-0.15, -0.1) is 0 Å². The molecule has 3 rings (SSSR count). The maximum atomic E-state index is 12.8. The summed E-state index contributed by atoms with van der Waals surface area (Å²) in [7, 11) is 0. The Morgan fingerprint density at radius 3 is 2.27 bits per heavy atom. The molecule has 0 bridgehead atoms. The molecule has 0 radical (unpaired) electrons. The summed E-state index contributed by atoms with van der Waals surface area (Å²) < 4.78 is 1.99. The van der Waals surface area contributed by atoms with E-state index in [2.05, 4.69) is 13.8 Å². The number of amides is 2. The van der Waals surface area contributed by atoms with Gasteiger partial charge in [0.2, 0.25) is 5.91 Å². The van der Waals surface area contributed by atoms with Crippen molar-refractivity contribution >= 4 is 11.8 Å². The Labute approximate surface area is 155 Å². The summed E-state index contributed by atoms with van der Waals surface area (Å²) >= 11 is 0. The van der Waals surface area contributed by atoms with Gasteiger partial charge in [0.05, 0.1) is 0 Å². The number of rotatable bonds is 5. The molecule has 0 saturated carbocycles. The number of hydrogen-bond acceptors (Lipinski definition) is 2. The van der Waals surface area contributed by atoms with Crippen LogP contribution in [0, 0.1) is 5.92 Å². The van der Waals surface area contributed by atoms with Gasteiger partial charge in [-0.3, -0.25) is 9.59 Å². The Hall–Kier alpha value is -2.56. The first-order valence-electron chi connectivity index (χ1n) is 9.35. The van der Waals surface area contributed by atoms with E-state index in [1.165, 1.54) is 0 Å². The van der Waals surface area contributed by atoms with Gasteiger partial charge >= 0.3 is 0 Å². The number of nitrogens with zero attached hydrogens (tertiary/aromatic N) is 3. The van der Waals surface area contributed by atoms with Gasteiger partial charge in [-0.2, -0.15) is 0 Å². The van der Waals surface area contributed by atoms with Gasteiger partial charge in [-0.05, 0) is 42.7 Å². The van der Waals surface area contributed by atoms with Crippen LogP contribution in [0.3, 0.4) is 0 Å². The van der Waals surface area contributed by atoms with Crippen molar-refractivity contribution in [2.45, 2.75) is 26.7 Å². The number of carbonyl (C=O) groups is 2. The molecule has 26 heavy (non-hydrogen) atoms. The highest BCUT2D eigenvalue weighted by Crippen LogP contribution is 2.15. The minimum absolute atomic E-state index is 0.0354. The zero-order valence-electron chi connectivity index (χ0n) is 15.6. The number of benzene rings is 1. The molecule has 1 aliphatic heterocycles. The van der Waals surface area contributed by atoms with Gasteiger partial charge in [-0.1, -0.05) is 19.9 Å². The zero-order valence-corrected chi connectivity index (χ0v) is 15.6. The van der Waals surface area contributed by atoms with Crippen LogP contribution in [0.25, 0.3) is 5.69 Å². The van der Waals surface area contributed by atoms with Crippen LogP contribution in [0.5, 0.6) is 0 Å². The van der Waals surface area contributed by atoms with Gasteiger partial charge in [-0.25, -0.2) is 0 Å². The third kappa shape index (κ3) is 4.34. The molecule has 2 heterocycles. The van der Waals surface area contributed by atoms with Crippen LogP contribution in [-0.2, 0) is 4.79 Å². The molecular formula is C21H27N3O2. The van der Waals surface area contributed by atoms with Crippen LogP contribution in [0.15, 0.2) is 48.8 Å². The second-order valence-electron chi connectivity index (χ2n) is 7.25. The van der Waals surface area contributed by atoms with E-state index in [0.29, 0.717) is 44.1 Å². The lowest BCUT2D eigenvalue weighted by Crippen LogP contribution is -2.50. The first-order chi connectivity index (χ1) is 12.5. The van der Waals surface area contributed by atoms with Crippen LogP contribution in [0.1, 0.15) is 37.0 Å². The maximum Gasteiger partial charge on any atom is 0.254 e. The summed E-state index contributed by atoms with van der Waals surface area (Å²) in [5, 5.41) is 0. The summed E-state index contributed by atoms with van der Waals surface area (Å²) in [5.74, 6) is 0.781. The minimum atomic E-state index is 0.0354. The fraction of sp³-hybridized carbons (Fsp3) is 0.429. The van der Waals surface area contributed by atoms with Crippen LogP contribution >= 0.6 is 0 Å². The Morgan fingerprint density at radius 1 is 0.962 bits per heavy atom. The Balaban J connectivity index is 1.59. The van der Waals surface area contributed by atoms with Crippen molar-refractivity contribution in [2.75, 3.05) is 26.2 Å². The SMILES string of the molecule is CC(C)CCC(=O)N1CCN(C(=O)c2cccc(-n3cccc3)c2)CC1. The minimum Gasteiger partial charge on any atom is -0.339 e. The predicted molar refractivity (Wildman–Crippen MR) is 102 cm³/mol. The van der Waals surface area contributed by atoms with Gasteiger partial charge in [0, 0.05) is 56.2 Å². The van der Waals surface area contributed by atoms with Crippen molar-refractivity contribution in [2.24, 2.45) is 5.92 Å². The van der Waals surface area contributed by atoms with Crippen LogP contribution in [-0.4, -0.2) is 52.4 Å². The van der Waals surface area contributed by atoms with E-state index in [1.807, 2.05) is 63.2 Å². The molecule has 5 nitrogen and oxygen atoms in total. The average Bonchev–Trinajstić information content (AvgIpc) is 3.20. The maximum absolute atomic E-state index is 12.8. The van der Waals surface area contributed by atoms with E-state index < -0.39 is 0 Å². The molecular weight excluding hydrogens is 326 g/mol. The van der Waals surface area contributed by atoms with Gasteiger partial charge in [0.15, 0.2) is 0 Å².